The van der Waals surface area contributed by atoms with E-state index in [0.717, 1.165) is 11.5 Å². The Labute approximate surface area is 100 Å². The minimum absolute atomic E-state index is 0.383. The minimum Gasteiger partial charge on any atom is -0.319 e. The highest BCUT2D eigenvalue weighted by Gasteiger charge is 2.43. The van der Waals surface area contributed by atoms with Gasteiger partial charge in [0.1, 0.15) is 6.33 Å². The van der Waals surface area contributed by atoms with E-state index >= 15 is 0 Å². The van der Waals surface area contributed by atoms with Crippen molar-refractivity contribution >= 4 is 0 Å². The van der Waals surface area contributed by atoms with Crippen molar-refractivity contribution in [3.05, 3.63) is 42.5 Å². The van der Waals surface area contributed by atoms with Gasteiger partial charge in [0.15, 0.2) is 5.82 Å². The molecule has 1 aliphatic carbocycles. The van der Waals surface area contributed by atoms with Gasteiger partial charge in [-0.3, -0.25) is 4.57 Å². The van der Waals surface area contributed by atoms with Gasteiger partial charge in [-0.2, -0.15) is 0 Å². The Hall–Kier alpha value is -1.68. The van der Waals surface area contributed by atoms with Crippen molar-refractivity contribution in [1.29, 1.82) is 0 Å². The lowest BCUT2D eigenvalue weighted by Crippen LogP contribution is -2.38. The molecule has 0 aliphatic heterocycles. The Kier molecular flexibility index (Phi) is 2.26. The Morgan fingerprint density at radius 2 is 2.00 bits per heavy atom. The highest BCUT2D eigenvalue weighted by Crippen LogP contribution is 2.43. The standard InChI is InChI=1S/C13H16N4/c1-13(14,10-7-8-10)12-16-15-9-17(12)11-5-3-2-4-6-11/h2-6,9-10H,7-8,14H2,1H3. The summed E-state index contributed by atoms with van der Waals surface area (Å²) in [6.07, 6.45) is 4.11. The van der Waals surface area contributed by atoms with Crippen LogP contribution in [0.25, 0.3) is 5.69 Å². The Morgan fingerprint density at radius 1 is 1.29 bits per heavy atom. The van der Waals surface area contributed by atoms with Crippen molar-refractivity contribution in [3.63, 3.8) is 0 Å². The molecule has 2 N–H and O–H groups in total. The van der Waals surface area contributed by atoms with Gasteiger partial charge in [0.05, 0.1) is 5.54 Å². The zero-order chi connectivity index (χ0) is 11.9. The SMILES string of the molecule is CC(N)(c1nncn1-c1ccccc1)C1CC1. The van der Waals surface area contributed by atoms with Crippen LogP contribution < -0.4 is 5.73 Å². The van der Waals surface area contributed by atoms with Gasteiger partial charge in [0, 0.05) is 5.69 Å². The first kappa shape index (κ1) is 10.5. The molecule has 4 nitrogen and oxygen atoms in total. The molecule has 1 unspecified atom stereocenters. The minimum atomic E-state index is -0.383. The average Bonchev–Trinajstić information content (AvgIpc) is 3.08. The highest BCUT2D eigenvalue weighted by molar-refractivity contribution is 5.33. The molecule has 0 saturated heterocycles. The van der Waals surface area contributed by atoms with Gasteiger partial charge in [-0.1, -0.05) is 18.2 Å². The summed E-state index contributed by atoms with van der Waals surface area (Å²) in [5.74, 6) is 1.39. The van der Waals surface area contributed by atoms with Crippen molar-refractivity contribution in [2.75, 3.05) is 0 Å². The van der Waals surface area contributed by atoms with Crippen LogP contribution in [0.3, 0.4) is 0 Å². The first-order valence-corrected chi connectivity index (χ1v) is 5.94. The van der Waals surface area contributed by atoms with E-state index < -0.39 is 0 Å². The fourth-order valence-corrected chi connectivity index (χ4v) is 2.25. The lowest BCUT2D eigenvalue weighted by molar-refractivity contribution is 0.393. The van der Waals surface area contributed by atoms with E-state index in [0.29, 0.717) is 5.92 Å². The van der Waals surface area contributed by atoms with E-state index in [1.54, 1.807) is 6.33 Å². The average molecular weight is 228 g/mol. The molecule has 1 aromatic carbocycles. The van der Waals surface area contributed by atoms with E-state index in [-0.39, 0.29) is 5.54 Å². The van der Waals surface area contributed by atoms with E-state index in [1.807, 2.05) is 41.8 Å². The second kappa shape index (κ2) is 3.67. The summed E-state index contributed by atoms with van der Waals surface area (Å²) in [5, 5.41) is 8.22. The van der Waals surface area contributed by atoms with Crippen LogP contribution in [-0.2, 0) is 5.54 Å². The predicted octanol–water partition coefficient (Wildman–Crippen LogP) is 1.85. The molecular weight excluding hydrogens is 212 g/mol. The van der Waals surface area contributed by atoms with Crippen LogP contribution in [0.2, 0.25) is 0 Å². The normalized spacial score (nSPS) is 18.9. The molecule has 1 atom stereocenters. The molecule has 0 spiro atoms. The molecule has 1 aliphatic rings. The number of para-hydroxylation sites is 1. The number of aromatic nitrogens is 3. The second-order valence-corrected chi connectivity index (χ2v) is 4.92. The number of hydrogen-bond acceptors (Lipinski definition) is 3. The van der Waals surface area contributed by atoms with Crippen LogP contribution in [0, 0.1) is 5.92 Å². The summed E-state index contributed by atoms with van der Waals surface area (Å²) >= 11 is 0. The van der Waals surface area contributed by atoms with Crippen LogP contribution in [0.5, 0.6) is 0 Å². The maximum atomic E-state index is 6.40. The lowest BCUT2D eigenvalue weighted by Gasteiger charge is -2.23. The molecule has 1 saturated carbocycles. The monoisotopic (exact) mass is 228 g/mol. The summed E-state index contributed by atoms with van der Waals surface area (Å²) in [6.45, 7) is 2.05. The molecule has 0 amide bonds. The first-order valence-electron chi connectivity index (χ1n) is 5.94. The molecule has 1 aromatic heterocycles. The van der Waals surface area contributed by atoms with Crippen molar-refractivity contribution in [2.45, 2.75) is 25.3 Å². The maximum absolute atomic E-state index is 6.40. The summed E-state index contributed by atoms with van der Waals surface area (Å²) in [7, 11) is 0. The lowest BCUT2D eigenvalue weighted by atomic mass is 9.96. The largest absolute Gasteiger partial charge is 0.319 e. The molecule has 3 rings (SSSR count). The van der Waals surface area contributed by atoms with E-state index in [1.165, 1.54) is 12.8 Å². The molecule has 2 aromatic rings. The summed E-state index contributed by atoms with van der Waals surface area (Å²) < 4.78 is 1.98. The second-order valence-electron chi connectivity index (χ2n) is 4.92. The predicted molar refractivity (Wildman–Crippen MR) is 65.6 cm³/mol. The Balaban J connectivity index is 2.05. The van der Waals surface area contributed by atoms with E-state index in [9.17, 15) is 0 Å². The van der Waals surface area contributed by atoms with Crippen LogP contribution in [0.15, 0.2) is 36.7 Å². The number of hydrogen-bond donors (Lipinski definition) is 1. The number of nitrogens with two attached hydrogens (primary N) is 1. The molecule has 1 heterocycles. The van der Waals surface area contributed by atoms with Gasteiger partial charge in [-0.25, -0.2) is 0 Å². The molecule has 17 heavy (non-hydrogen) atoms. The van der Waals surface area contributed by atoms with Gasteiger partial charge >= 0.3 is 0 Å². The van der Waals surface area contributed by atoms with Crippen molar-refractivity contribution in [1.82, 2.24) is 14.8 Å². The topological polar surface area (TPSA) is 56.7 Å². The van der Waals surface area contributed by atoms with Crippen LogP contribution in [-0.4, -0.2) is 14.8 Å². The third-order valence-electron chi connectivity index (χ3n) is 3.49. The van der Waals surface area contributed by atoms with Gasteiger partial charge in [0.25, 0.3) is 0 Å². The summed E-state index contributed by atoms with van der Waals surface area (Å²) in [5.41, 5.74) is 7.08. The van der Waals surface area contributed by atoms with Crippen molar-refractivity contribution in [3.8, 4) is 5.69 Å². The maximum Gasteiger partial charge on any atom is 0.157 e. The van der Waals surface area contributed by atoms with E-state index in [2.05, 4.69) is 10.2 Å². The van der Waals surface area contributed by atoms with Gasteiger partial charge in [-0.05, 0) is 37.8 Å². The Bertz CT molecular complexity index is 511. The zero-order valence-corrected chi connectivity index (χ0v) is 9.87. The molecule has 4 heteroatoms. The summed E-state index contributed by atoms with van der Waals surface area (Å²) in [4.78, 5) is 0. The number of rotatable bonds is 3. The summed E-state index contributed by atoms with van der Waals surface area (Å²) in [6, 6.07) is 10.1. The molecule has 0 radical (unpaired) electrons. The molecule has 88 valence electrons. The van der Waals surface area contributed by atoms with Crippen molar-refractivity contribution < 1.29 is 0 Å². The van der Waals surface area contributed by atoms with Crippen LogP contribution in [0.1, 0.15) is 25.6 Å². The molecule has 0 bridgehead atoms. The third-order valence-corrected chi connectivity index (χ3v) is 3.49. The molecular formula is C13H16N4. The number of benzene rings is 1. The fourth-order valence-electron chi connectivity index (χ4n) is 2.25. The van der Waals surface area contributed by atoms with Crippen LogP contribution in [0.4, 0.5) is 0 Å². The smallest absolute Gasteiger partial charge is 0.157 e. The van der Waals surface area contributed by atoms with Gasteiger partial charge < -0.3 is 5.73 Å². The highest BCUT2D eigenvalue weighted by atomic mass is 15.3. The fraction of sp³-hybridized carbons (Fsp3) is 0.385. The van der Waals surface area contributed by atoms with Gasteiger partial charge in [0.2, 0.25) is 0 Å². The van der Waals surface area contributed by atoms with Crippen LogP contribution >= 0.6 is 0 Å². The molecule has 1 fully saturated rings. The Morgan fingerprint density at radius 3 is 2.65 bits per heavy atom. The third kappa shape index (κ3) is 1.74. The zero-order valence-electron chi connectivity index (χ0n) is 9.87. The van der Waals surface area contributed by atoms with Gasteiger partial charge in [-0.15, -0.1) is 10.2 Å². The number of nitrogens with zero attached hydrogens (tertiary/aromatic N) is 3. The van der Waals surface area contributed by atoms with Crippen molar-refractivity contribution in [2.24, 2.45) is 11.7 Å². The first-order chi connectivity index (χ1) is 8.19. The van der Waals surface area contributed by atoms with E-state index in [4.69, 9.17) is 5.73 Å². The quantitative estimate of drug-likeness (QED) is 0.872.